The maximum atomic E-state index is 12.8. The van der Waals surface area contributed by atoms with Gasteiger partial charge in [-0.05, 0) is 19.1 Å². The molecule has 0 saturated carbocycles. The van der Waals surface area contributed by atoms with E-state index in [4.69, 9.17) is 14.6 Å². The van der Waals surface area contributed by atoms with Crippen LogP contribution in [0.5, 0.6) is 5.75 Å². The van der Waals surface area contributed by atoms with Gasteiger partial charge in [-0.3, -0.25) is 4.79 Å². The van der Waals surface area contributed by atoms with Gasteiger partial charge in [0, 0.05) is 6.54 Å². The van der Waals surface area contributed by atoms with Crippen molar-refractivity contribution in [1.29, 1.82) is 0 Å². The third-order valence-corrected chi connectivity index (χ3v) is 2.64. The molecule has 1 aromatic rings. The van der Waals surface area contributed by atoms with Crippen LogP contribution >= 0.6 is 0 Å². The Balaban J connectivity index is 2.51. The highest BCUT2D eigenvalue weighted by atomic mass is 19.4. The van der Waals surface area contributed by atoms with E-state index in [0.717, 1.165) is 12.1 Å². The summed E-state index contributed by atoms with van der Waals surface area (Å²) in [6.07, 6.45) is -5.74. The van der Waals surface area contributed by atoms with Crippen molar-refractivity contribution in [3.8, 4) is 5.75 Å². The van der Waals surface area contributed by atoms with Crippen molar-refractivity contribution in [2.24, 2.45) is 0 Å². The molecule has 2 N–H and O–H groups in total. The minimum Gasteiger partial charge on any atom is -0.480 e. The Bertz CT molecular complexity index is 547. The maximum absolute atomic E-state index is 12.8. The predicted octanol–water partition coefficient (Wildman–Crippen LogP) is 1.69. The van der Waals surface area contributed by atoms with Crippen molar-refractivity contribution >= 4 is 11.9 Å². The summed E-state index contributed by atoms with van der Waals surface area (Å²) in [4.78, 5) is 21.9. The van der Waals surface area contributed by atoms with Crippen LogP contribution in [0.3, 0.4) is 0 Å². The Labute approximate surface area is 130 Å². The molecule has 0 aromatic heterocycles. The number of carboxylic acids is 1. The van der Waals surface area contributed by atoms with Crippen LogP contribution in [0.15, 0.2) is 24.3 Å². The summed E-state index contributed by atoms with van der Waals surface area (Å²) in [5, 5.41) is 10.7. The summed E-state index contributed by atoms with van der Waals surface area (Å²) in [7, 11) is 0. The second-order valence-electron chi connectivity index (χ2n) is 4.49. The van der Waals surface area contributed by atoms with E-state index in [0.29, 0.717) is 0 Å². The molecule has 6 nitrogen and oxygen atoms in total. The van der Waals surface area contributed by atoms with Gasteiger partial charge < -0.3 is 19.9 Å². The first-order valence-corrected chi connectivity index (χ1v) is 6.62. The number of carbonyl (C=O) groups is 2. The Morgan fingerprint density at radius 3 is 2.57 bits per heavy atom. The third kappa shape index (κ3) is 6.55. The zero-order valence-electron chi connectivity index (χ0n) is 12.2. The molecule has 23 heavy (non-hydrogen) atoms. The van der Waals surface area contributed by atoms with Crippen molar-refractivity contribution in [3.63, 3.8) is 0 Å². The summed E-state index contributed by atoms with van der Waals surface area (Å²) in [6.45, 7) is 0.784. The molecule has 1 aromatic carbocycles. The molecule has 0 bridgehead atoms. The zero-order valence-corrected chi connectivity index (χ0v) is 12.2. The van der Waals surface area contributed by atoms with Crippen LogP contribution in [-0.2, 0) is 20.5 Å². The largest absolute Gasteiger partial charge is 0.480 e. The van der Waals surface area contributed by atoms with Crippen LogP contribution in [0.2, 0.25) is 0 Å². The normalized spacial score (nSPS) is 12.5. The van der Waals surface area contributed by atoms with Gasteiger partial charge in [0.25, 0.3) is 5.91 Å². The van der Waals surface area contributed by atoms with Gasteiger partial charge in [-0.1, -0.05) is 12.1 Å². The smallest absolute Gasteiger partial charge is 0.419 e. The number of hydrogen-bond donors (Lipinski definition) is 2. The highest BCUT2D eigenvalue weighted by Gasteiger charge is 2.34. The quantitative estimate of drug-likeness (QED) is 0.706. The van der Waals surface area contributed by atoms with Crippen molar-refractivity contribution in [1.82, 2.24) is 5.32 Å². The van der Waals surface area contributed by atoms with Crippen LogP contribution < -0.4 is 10.1 Å². The van der Waals surface area contributed by atoms with Gasteiger partial charge in [0.2, 0.25) is 0 Å². The predicted molar refractivity (Wildman–Crippen MR) is 73.0 cm³/mol. The Hall–Kier alpha value is -2.29. The van der Waals surface area contributed by atoms with Gasteiger partial charge in [-0.25, -0.2) is 4.79 Å². The number of nitrogens with one attached hydrogen (secondary N) is 1. The van der Waals surface area contributed by atoms with E-state index in [-0.39, 0.29) is 13.2 Å². The van der Waals surface area contributed by atoms with E-state index < -0.39 is 42.1 Å². The van der Waals surface area contributed by atoms with Crippen LogP contribution in [0, 0.1) is 0 Å². The topological polar surface area (TPSA) is 84.9 Å². The zero-order chi connectivity index (χ0) is 17.5. The number of para-hydroxylation sites is 1. The number of alkyl halides is 3. The van der Waals surface area contributed by atoms with Crippen LogP contribution in [-0.4, -0.2) is 42.8 Å². The van der Waals surface area contributed by atoms with Gasteiger partial charge in [0.1, 0.15) is 12.4 Å². The number of aliphatic carboxylic acids is 1. The fraction of sp³-hybridized carbons (Fsp3) is 0.429. The number of ether oxygens (including phenoxy) is 2. The van der Waals surface area contributed by atoms with E-state index in [1.165, 1.54) is 19.1 Å². The summed E-state index contributed by atoms with van der Waals surface area (Å²) >= 11 is 0. The second kappa shape index (κ2) is 8.37. The number of carboxylic acid groups (broad SMARTS) is 1. The van der Waals surface area contributed by atoms with Gasteiger partial charge in [0.05, 0.1) is 12.2 Å². The fourth-order valence-corrected chi connectivity index (χ4v) is 1.60. The van der Waals surface area contributed by atoms with Crippen LogP contribution in [0.4, 0.5) is 13.2 Å². The highest BCUT2D eigenvalue weighted by Crippen LogP contribution is 2.36. The lowest BCUT2D eigenvalue weighted by Gasteiger charge is -2.18. The monoisotopic (exact) mass is 335 g/mol. The minimum atomic E-state index is -4.59. The molecule has 0 aliphatic rings. The van der Waals surface area contributed by atoms with E-state index in [1.54, 1.807) is 0 Å². The van der Waals surface area contributed by atoms with Crippen LogP contribution in [0.25, 0.3) is 0 Å². The summed E-state index contributed by atoms with van der Waals surface area (Å²) in [5.74, 6) is -2.22. The molecule has 0 heterocycles. The van der Waals surface area contributed by atoms with Crippen molar-refractivity contribution in [2.75, 3.05) is 19.8 Å². The average Bonchev–Trinajstić information content (AvgIpc) is 2.45. The molecule has 0 radical (unpaired) electrons. The number of hydrogen-bond acceptors (Lipinski definition) is 4. The van der Waals surface area contributed by atoms with Gasteiger partial charge in [-0.2, -0.15) is 13.2 Å². The SMILES string of the molecule is CC(Oc1ccccc1C(F)(F)F)C(=O)NCCOCC(=O)O. The first kappa shape index (κ1) is 18.8. The highest BCUT2D eigenvalue weighted by molar-refractivity contribution is 5.80. The van der Waals surface area contributed by atoms with Gasteiger partial charge in [0.15, 0.2) is 6.10 Å². The number of halogens is 3. The lowest BCUT2D eigenvalue weighted by Crippen LogP contribution is -2.38. The standard InChI is InChI=1S/C14H16F3NO5/c1-9(13(21)18-6-7-22-8-12(19)20)23-11-5-3-2-4-10(11)14(15,16)17/h2-5,9H,6-8H2,1H3,(H,18,21)(H,19,20). The van der Waals surface area contributed by atoms with Crippen molar-refractivity contribution in [3.05, 3.63) is 29.8 Å². The second-order valence-corrected chi connectivity index (χ2v) is 4.49. The molecule has 0 fully saturated rings. The summed E-state index contributed by atoms with van der Waals surface area (Å²) < 4.78 is 48.2. The van der Waals surface area contributed by atoms with E-state index in [2.05, 4.69) is 5.32 Å². The Morgan fingerprint density at radius 1 is 1.30 bits per heavy atom. The molecular weight excluding hydrogens is 319 g/mol. The number of carbonyl (C=O) groups excluding carboxylic acids is 1. The molecule has 1 unspecified atom stereocenters. The molecule has 1 amide bonds. The Morgan fingerprint density at radius 2 is 1.96 bits per heavy atom. The number of amides is 1. The van der Waals surface area contributed by atoms with Gasteiger partial charge >= 0.3 is 12.1 Å². The molecule has 1 rings (SSSR count). The van der Waals surface area contributed by atoms with Gasteiger partial charge in [-0.15, -0.1) is 0 Å². The first-order chi connectivity index (χ1) is 10.7. The van der Waals surface area contributed by atoms with Crippen LogP contribution in [0.1, 0.15) is 12.5 Å². The number of rotatable bonds is 8. The lowest BCUT2D eigenvalue weighted by molar-refractivity contribution is -0.142. The molecule has 0 aliphatic heterocycles. The molecule has 1 atom stereocenters. The number of benzene rings is 1. The van der Waals surface area contributed by atoms with E-state index in [9.17, 15) is 22.8 Å². The first-order valence-electron chi connectivity index (χ1n) is 6.62. The Kier molecular flexibility index (Phi) is 6.83. The third-order valence-electron chi connectivity index (χ3n) is 2.64. The molecule has 0 spiro atoms. The maximum Gasteiger partial charge on any atom is 0.419 e. The summed E-state index contributed by atoms with van der Waals surface area (Å²) in [5.41, 5.74) is -0.968. The molecular formula is C14H16F3NO5. The van der Waals surface area contributed by atoms with E-state index >= 15 is 0 Å². The van der Waals surface area contributed by atoms with E-state index in [1.807, 2.05) is 0 Å². The average molecular weight is 335 g/mol. The lowest BCUT2D eigenvalue weighted by atomic mass is 10.2. The molecule has 0 saturated heterocycles. The molecule has 128 valence electrons. The summed E-state index contributed by atoms with van der Waals surface area (Å²) in [6, 6.07) is 4.58. The van der Waals surface area contributed by atoms with Crippen molar-refractivity contribution < 1.29 is 37.3 Å². The fourth-order valence-electron chi connectivity index (χ4n) is 1.60. The van der Waals surface area contributed by atoms with Crippen molar-refractivity contribution in [2.45, 2.75) is 19.2 Å². The molecule has 0 aliphatic carbocycles. The minimum absolute atomic E-state index is 0.0146. The molecule has 9 heteroatoms.